The molecule has 1 aliphatic rings. The average Bonchev–Trinajstić information content (AvgIpc) is 2.65. The maximum atomic E-state index is 12.2. The van der Waals surface area contributed by atoms with E-state index >= 15 is 0 Å². The highest BCUT2D eigenvalue weighted by Crippen LogP contribution is 2.17. The maximum Gasteiger partial charge on any atom is 0.401 e. The number of amides is 1. The number of nitrogens with zero attached hydrogens (tertiary/aromatic N) is 2. The Bertz CT molecular complexity index is 314. The molecule has 1 amide bonds. The van der Waals surface area contributed by atoms with Crippen LogP contribution in [-0.4, -0.2) is 65.7 Å². The first-order chi connectivity index (χ1) is 8.28. The lowest BCUT2D eigenvalue weighted by Crippen LogP contribution is -2.44. The van der Waals surface area contributed by atoms with Crippen LogP contribution < -0.4 is 0 Å². The van der Waals surface area contributed by atoms with Crippen LogP contribution in [0.25, 0.3) is 0 Å². The third-order valence-electron chi connectivity index (χ3n) is 2.58. The number of carboxylic acid groups (broad SMARTS) is 1. The van der Waals surface area contributed by atoms with E-state index in [0.717, 1.165) is 12.8 Å². The minimum Gasteiger partial charge on any atom is -0.480 e. The number of carboxylic acids is 1. The molecule has 104 valence electrons. The van der Waals surface area contributed by atoms with Crippen molar-refractivity contribution in [1.29, 1.82) is 0 Å². The number of carbonyl (C=O) groups excluding carboxylic acids is 1. The normalized spacial score (nSPS) is 16.3. The fourth-order valence-corrected chi connectivity index (χ4v) is 1.87. The van der Waals surface area contributed by atoms with Gasteiger partial charge in [0, 0.05) is 13.1 Å². The van der Waals surface area contributed by atoms with E-state index in [9.17, 15) is 22.8 Å². The molecule has 0 aliphatic carbocycles. The van der Waals surface area contributed by atoms with Crippen LogP contribution in [0.5, 0.6) is 0 Å². The Balaban J connectivity index is 2.53. The summed E-state index contributed by atoms with van der Waals surface area (Å²) < 4.78 is 36.7. The summed E-state index contributed by atoms with van der Waals surface area (Å²) in [5, 5.41) is 8.53. The van der Waals surface area contributed by atoms with Gasteiger partial charge in [-0.2, -0.15) is 13.2 Å². The number of carbonyl (C=O) groups is 2. The van der Waals surface area contributed by atoms with E-state index in [-0.39, 0.29) is 0 Å². The zero-order valence-electron chi connectivity index (χ0n) is 9.74. The van der Waals surface area contributed by atoms with Crippen molar-refractivity contribution in [1.82, 2.24) is 9.80 Å². The molecule has 5 nitrogen and oxygen atoms in total. The quantitative estimate of drug-likeness (QED) is 0.791. The van der Waals surface area contributed by atoms with Gasteiger partial charge in [-0.05, 0) is 12.8 Å². The van der Waals surface area contributed by atoms with Crippen LogP contribution in [0.15, 0.2) is 0 Å². The second-order valence-electron chi connectivity index (χ2n) is 4.24. The molecular formula is C10H15F3N2O3. The minimum absolute atomic E-state index is 0.446. The van der Waals surface area contributed by atoms with Gasteiger partial charge >= 0.3 is 12.1 Å². The van der Waals surface area contributed by atoms with Gasteiger partial charge in [0.15, 0.2) is 0 Å². The molecule has 0 unspecified atom stereocenters. The first kappa shape index (κ1) is 14.7. The summed E-state index contributed by atoms with van der Waals surface area (Å²) in [5.41, 5.74) is 0. The predicted molar refractivity (Wildman–Crippen MR) is 55.9 cm³/mol. The van der Waals surface area contributed by atoms with Crippen molar-refractivity contribution < 1.29 is 27.9 Å². The first-order valence-corrected chi connectivity index (χ1v) is 5.56. The highest BCUT2D eigenvalue weighted by atomic mass is 19.4. The molecule has 1 aliphatic heterocycles. The van der Waals surface area contributed by atoms with Gasteiger partial charge in [0.1, 0.15) is 0 Å². The van der Waals surface area contributed by atoms with Crippen molar-refractivity contribution in [3.8, 4) is 0 Å². The number of hydrogen-bond acceptors (Lipinski definition) is 3. The van der Waals surface area contributed by atoms with Crippen molar-refractivity contribution >= 4 is 11.9 Å². The number of hydrogen-bond donors (Lipinski definition) is 1. The predicted octanol–water partition coefficient (Wildman–Crippen LogP) is 0.558. The molecule has 0 aromatic heterocycles. The first-order valence-electron chi connectivity index (χ1n) is 5.56. The lowest BCUT2D eigenvalue weighted by Gasteiger charge is -2.24. The molecule has 0 aromatic carbocycles. The summed E-state index contributed by atoms with van der Waals surface area (Å²) in [6, 6.07) is 0. The van der Waals surface area contributed by atoms with E-state index in [1.165, 1.54) is 4.90 Å². The topological polar surface area (TPSA) is 60.9 Å². The second-order valence-corrected chi connectivity index (χ2v) is 4.24. The molecule has 0 atom stereocenters. The van der Waals surface area contributed by atoms with Crippen molar-refractivity contribution in [3.05, 3.63) is 0 Å². The third-order valence-corrected chi connectivity index (χ3v) is 2.58. The molecule has 0 radical (unpaired) electrons. The molecule has 1 rings (SSSR count). The summed E-state index contributed by atoms with van der Waals surface area (Å²) in [7, 11) is 0. The largest absolute Gasteiger partial charge is 0.480 e. The Labute approximate surface area is 102 Å². The molecule has 1 saturated heterocycles. The van der Waals surface area contributed by atoms with E-state index in [2.05, 4.69) is 0 Å². The lowest BCUT2D eigenvalue weighted by atomic mass is 10.4. The van der Waals surface area contributed by atoms with Gasteiger partial charge < -0.3 is 10.0 Å². The fraction of sp³-hybridized carbons (Fsp3) is 0.800. The van der Waals surface area contributed by atoms with Crippen molar-refractivity contribution in [2.75, 3.05) is 32.7 Å². The zero-order valence-corrected chi connectivity index (χ0v) is 9.74. The van der Waals surface area contributed by atoms with Gasteiger partial charge in [0.25, 0.3) is 0 Å². The van der Waals surface area contributed by atoms with Crippen molar-refractivity contribution in [3.63, 3.8) is 0 Å². The van der Waals surface area contributed by atoms with Gasteiger partial charge in [0.2, 0.25) is 5.91 Å². The van der Waals surface area contributed by atoms with Crippen LogP contribution in [-0.2, 0) is 9.59 Å². The maximum absolute atomic E-state index is 12.2. The molecule has 0 saturated carbocycles. The van der Waals surface area contributed by atoms with Crippen LogP contribution in [0.2, 0.25) is 0 Å². The van der Waals surface area contributed by atoms with E-state index < -0.39 is 37.7 Å². The monoisotopic (exact) mass is 268 g/mol. The molecule has 8 heteroatoms. The van der Waals surface area contributed by atoms with E-state index in [4.69, 9.17) is 5.11 Å². The summed E-state index contributed by atoms with van der Waals surface area (Å²) in [6.45, 7) is -1.62. The number of alkyl halides is 3. The van der Waals surface area contributed by atoms with Crippen LogP contribution in [0, 0.1) is 0 Å². The Morgan fingerprint density at radius 2 is 1.72 bits per heavy atom. The highest BCUT2D eigenvalue weighted by Gasteiger charge is 2.33. The molecule has 0 bridgehead atoms. The standard InChI is InChI=1S/C10H15F3N2O3/c11-10(12,13)7-14(6-9(17)18)5-8(16)15-3-1-2-4-15/h1-7H2,(H,17,18). The Kier molecular flexibility index (Phi) is 4.94. The minimum atomic E-state index is -4.51. The Morgan fingerprint density at radius 3 is 2.17 bits per heavy atom. The van der Waals surface area contributed by atoms with Crippen LogP contribution in [0.1, 0.15) is 12.8 Å². The molecule has 1 heterocycles. The van der Waals surface area contributed by atoms with Gasteiger partial charge in [-0.1, -0.05) is 0 Å². The van der Waals surface area contributed by atoms with E-state index in [0.29, 0.717) is 18.0 Å². The van der Waals surface area contributed by atoms with Crippen molar-refractivity contribution in [2.24, 2.45) is 0 Å². The summed E-state index contributed by atoms with van der Waals surface area (Å²) >= 11 is 0. The second kappa shape index (κ2) is 6.03. The number of halogens is 3. The van der Waals surface area contributed by atoms with E-state index in [1.807, 2.05) is 0 Å². The Morgan fingerprint density at radius 1 is 1.17 bits per heavy atom. The van der Waals surface area contributed by atoms with Crippen LogP contribution in [0.3, 0.4) is 0 Å². The van der Waals surface area contributed by atoms with Crippen LogP contribution >= 0.6 is 0 Å². The average molecular weight is 268 g/mol. The lowest BCUT2D eigenvalue weighted by molar-refractivity contribution is -0.156. The molecule has 0 spiro atoms. The van der Waals surface area contributed by atoms with Crippen molar-refractivity contribution in [2.45, 2.75) is 19.0 Å². The SMILES string of the molecule is O=C(O)CN(CC(=O)N1CCCC1)CC(F)(F)F. The summed E-state index contributed by atoms with van der Waals surface area (Å²) in [6.07, 6.45) is -2.84. The highest BCUT2D eigenvalue weighted by molar-refractivity contribution is 5.79. The smallest absolute Gasteiger partial charge is 0.401 e. The van der Waals surface area contributed by atoms with Gasteiger partial charge in [0.05, 0.1) is 19.6 Å². The zero-order chi connectivity index (χ0) is 13.8. The third kappa shape index (κ3) is 5.35. The number of aliphatic carboxylic acids is 1. The van der Waals surface area contributed by atoms with E-state index in [1.54, 1.807) is 0 Å². The Hall–Kier alpha value is -1.31. The summed E-state index contributed by atoms with van der Waals surface area (Å²) in [4.78, 5) is 24.2. The number of rotatable bonds is 5. The van der Waals surface area contributed by atoms with Gasteiger partial charge in [-0.15, -0.1) is 0 Å². The van der Waals surface area contributed by atoms with Crippen LogP contribution in [0.4, 0.5) is 13.2 Å². The van der Waals surface area contributed by atoms with Gasteiger partial charge in [-0.25, -0.2) is 0 Å². The summed E-state index contributed by atoms with van der Waals surface area (Å²) in [5.74, 6) is -1.83. The molecule has 1 N–H and O–H groups in total. The van der Waals surface area contributed by atoms with Gasteiger partial charge in [-0.3, -0.25) is 14.5 Å². The molecular weight excluding hydrogens is 253 g/mol. The fourth-order valence-electron chi connectivity index (χ4n) is 1.87. The molecule has 1 fully saturated rings. The molecule has 18 heavy (non-hydrogen) atoms. The molecule has 0 aromatic rings. The number of likely N-dealkylation sites (tertiary alicyclic amines) is 1.